The molecule has 0 saturated heterocycles. The van der Waals surface area contributed by atoms with Crippen LogP contribution in [0.25, 0.3) is 0 Å². The first-order chi connectivity index (χ1) is 16.9. The van der Waals surface area contributed by atoms with E-state index in [0.717, 1.165) is 27.6 Å². The van der Waals surface area contributed by atoms with Crippen LogP contribution in [0.3, 0.4) is 0 Å². The highest BCUT2D eigenvalue weighted by Gasteiger charge is 2.30. The fraction of sp³-hybridized carbons (Fsp3) is 0.310. The molecule has 3 rings (SSSR count). The van der Waals surface area contributed by atoms with Gasteiger partial charge in [0, 0.05) is 34.9 Å². The highest BCUT2D eigenvalue weighted by atomic mass is 79.9. The molecule has 0 aliphatic heterocycles. The zero-order valence-electron chi connectivity index (χ0n) is 20.2. The molecule has 184 valence electrons. The molecular weight excluding hydrogens is 524 g/mol. The predicted octanol–water partition coefficient (Wildman–Crippen LogP) is 6.59. The van der Waals surface area contributed by atoms with E-state index in [0.29, 0.717) is 24.4 Å². The molecule has 35 heavy (non-hydrogen) atoms. The number of nitrogens with one attached hydrogen (secondary N) is 1. The van der Waals surface area contributed by atoms with Gasteiger partial charge >= 0.3 is 0 Å². The van der Waals surface area contributed by atoms with Gasteiger partial charge in [0.15, 0.2) is 0 Å². The van der Waals surface area contributed by atoms with Crippen molar-refractivity contribution in [3.05, 3.63) is 105 Å². The van der Waals surface area contributed by atoms with Crippen LogP contribution in [-0.2, 0) is 29.0 Å². The SMILES string of the molecule is CC[C@@H](C)NC(=O)[C@H](Cc1ccccc1)N(Cc1cccc(Br)c1)C(=O)CCc1ccccc1Cl. The maximum Gasteiger partial charge on any atom is 0.243 e. The Labute approximate surface area is 221 Å². The lowest BCUT2D eigenvalue weighted by atomic mass is 10.0. The first kappa shape index (κ1) is 27.0. The van der Waals surface area contributed by atoms with E-state index in [-0.39, 0.29) is 24.3 Å². The molecule has 0 bridgehead atoms. The van der Waals surface area contributed by atoms with Crippen LogP contribution in [0, 0.1) is 0 Å². The third kappa shape index (κ3) is 8.22. The molecule has 0 radical (unpaired) electrons. The Bertz CT molecular complexity index is 1120. The zero-order chi connectivity index (χ0) is 25.2. The van der Waals surface area contributed by atoms with Crippen LogP contribution in [0.5, 0.6) is 0 Å². The van der Waals surface area contributed by atoms with Gasteiger partial charge in [0.2, 0.25) is 11.8 Å². The molecule has 0 aliphatic rings. The Morgan fingerprint density at radius 3 is 2.34 bits per heavy atom. The molecule has 0 fully saturated rings. The lowest BCUT2D eigenvalue weighted by Gasteiger charge is -2.32. The third-order valence-electron chi connectivity index (χ3n) is 6.08. The van der Waals surface area contributed by atoms with Crippen molar-refractivity contribution < 1.29 is 9.59 Å². The number of benzene rings is 3. The van der Waals surface area contributed by atoms with Crippen molar-refractivity contribution in [2.75, 3.05) is 0 Å². The van der Waals surface area contributed by atoms with Gasteiger partial charge in [-0.2, -0.15) is 0 Å². The van der Waals surface area contributed by atoms with Crippen molar-refractivity contribution in [1.82, 2.24) is 10.2 Å². The number of halogens is 2. The second-order valence-corrected chi connectivity index (χ2v) is 10.1. The van der Waals surface area contributed by atoms with Crippen LogP contribution in [0.4, 0.5) is 0 Å². The van der Waals surface area contributed by atoms with Crippen molar-refractivity contribution in [3.8, 4) is 0 Å². The van der Waals surface area contributed by atoms with E-state index in [2.05, 4.69) is 21.2 Å². The monoisotopic (exact) mass is 554 g/mol. The Morgan fingerprint density at radius 2 is 1.66 bits per heavy atom. The van der Waals surface area contributed by atoms with Gasteiger partial charge in [-0.3, -0.25) is 9.59 Å². The van der Waals surface area contributed by atoms with Gasteiger partial charge in [-0.05, 0) is 54.7 Å². The number of carbonyl (C=O) groups excluding carboxylic acids is 2. The summed E-state index contributed by atoms with van der Waals surface area (Å²) < 4.78 is 0.933. The quantitative estimate of drug-likeness (QED) is 0.290. The van der Waals surface area contributed by atoms with Crippen molar-refractivity contribution in [1.29, 1.82) is 0 Å². The predicted molar refractivity (Wildman–Crippen MR) is 146 cm³/mol. The Morgan fingerprint density at radius 1 is 0.971 bits per heavy atom. The summed E-state index contributed by atoms with van der Waals surface area (Å²) in [5, 5.41) is 3.75. The first-order valence-electron chi connectivity index (χ1n) is 12.0. The molecule has 0 unspecified atom stereocenters. The smallest absolute Gasteiger partial charge is 0.243 e. The largest absolute Gasteiger partial charge is 0.352 e. The highest BCUT2D eigenvalue weighted by molar-refractivity contribution is 9.10. The number of amides is 2. The van der Waals surface area contributed by atoms with E-state index in [1.54, 1.807) is 4.90 Å². The summed E-state index contributed by atoms with van der Waals surface area (Å²) in [7, 11) is 0. The van der Waals surface area contributed by atoms with Crippen LogP contribution in [0.15, 0.2) is 83.3 Å². The van der Waals surface area contributed by atoms with Crippen LogP contribution >= 0.6 is 27.5 Å². The number of rotatable bonds is 11. The van der Waals surface area contributed by atoms with Gasteiger partial charge in [-0.1, -0.05) is 95.1 Å². The van der Waals surface area contributed by atoms with Crippen LogP contribution < -0.4 is 5.32 Å². The maximum atomic E-state index is 13.7. The minimum atomic E-state index is -0.635. The molecule has 2 atom stereocenters. The summed E-state index contributed by atoms with van der Waals surface area (Å²) in [4.78, 5) is 28.9. The molecule has 3 aromatic rings. The highest BCUT2D eigenvalue weighted by Crippen LogP contribution is 2.21. The number of carbonyl (C=O) groups is 2. The molecule has 0 heterocycles. The van der Waals surface area contributed by atoms with Gasteiger partial charge < -0.3 is 10.2 Å². The van der Waals surface area contributed by atoms with Gasteiger partial charge in [0.05, 0.1) is 0 Å². The molecule has 0 spiro atoms. The van der Waals surface area contributed by atoms with Gasteiger partial charge in [0.1, 0.15) is 6.04 Å². The minimum absolute atomic E-state index is 0.0201. The minimum Gasteiger partial charge on any atom is -0.352 e. The first-order valence-corrected chi connectivity index (χ1v) is 13.2. The van der Waals surface area contributed by atoms with Gasteiger partial charge in [0.25, 0.3) is 0 Å². The zero-order valence-corrected chi connectivity index (χ0v) is 22.6. The number of hydrogen-bond acceptors (Lipinski definition) is 2. The molecule has 0 aliphatic carbocycles. The topological polar surface area (TPSA) is 49.4 Å². The number of hydrogen-bond donors (Lipinski definition) is 1. The molecule has 2 amide bonds. The van der Waals surface area contributed by atoms with Crippen LogP contribution in [0.2, 0.25) is 5.02 Å². The standard InChI is InChI=1S/C29H32BrClN2O2/c1-3-21(2)32-29(35)27(19-22-10-5-4-6-11-22)33(20-23-12-9-14-25(30)18-23)28(34)17-16-24-13-7-8-15-26(24)31/h4-15,18,21,27H,3,16-17,19-20H2,1-2H3,(H,32,35)/t21-,27+/m1/s1. The lowest BCUT2D eigenvalue weighted by Crippen LogP contribution is -2.52. The second kappa shape index (κ2) is 13.5. The molecule has 0 aromatic heterocycles. The fourth-order valence-corrected chi connectivity index (χ4v) is 4.59. The Kier molecular flexibility index (Phi) is 10.4. The normalized spacial score (nSPS) is 12.6. The molecule has 0 saturated carbocycles. The number of nitrogens with zero attached hydrogens (tertiary/aromatic N) is 1. The van der Waals surface area contributed by atoms with Crippen LogP contribution in [0.1, 0.15) is 43.4 Å². The van der Waals surface area contributed by atoms with E-state index in [1.807, 2.05) is 92.7 Å². The summed E-state index contributed by atoms with van der Waals surface area (Å²) in [5.74, 6) is -0.213. The summed E-state index contributed by atoms with van der Waals surface area (Å²) in [6.45, 7) is 4.35. The molecule has 6 heteroatoms. The summed E-state index contributed by atoms with van der Waals surface area (Å²) in [6, 6.07) is 24.7. The van der Waals surface area contributed by atoms with Crippen molar-refractivity contribution in [2.45, 2.75) is 58.2 Å². The molecular formula is C29H32BrClN2O2. The average Bonchev–Trinajstić information content (AvgIpc) is 2.86. The number of aryl methyl sites for hydroxylation is 1. The lowest BCUT2D eigenvalue weighted by molar-refractivity contribution is -0.141. The third-order valence-corrected chi connectivity index (χ3v) is 6.94. The second-order valence-electron chi connectivity index (χ2n) is 8.77. The van der Waals surface area contributed by atoms with E-state index >= 15 is 0 Å². The fourth-order valence-electron chi connectivity index (χ4n) is 3.91. The average molecular weight is 556 g/mol. The molecule has 4 nitrogen and oxygen atoms in total. The van der Waals surface area contributed by atoms with Gasteiger partial charge in [-0.15, -0.1) is 0 Å². The molecule has 1 N–H and O–H groups in total. The van der Waals surface area contributed by atoms with E-state index in [1.165, 1.54) is 0 Å². The van der Waals surface area contributed by atoms with Crippen LogP contribution in [-0.4, -0.2) is 28.8 Å². The maximum absolute atomic E-state index is 13.7. The summed E-state index contributed by atoms with van der Waals surface area (Å²) in [6.07, 6.45) is 2.03. The Balaban J connectivity index is 1.92. The van der Waals surface area contributed by atoms with E-state index < -0.39 is 6.04 Å². The van der Waals surface area contributed by atoms with E-state index in [9.17, 15) is 9.59 Å². The van der Waals surface area contributed by atoms with Gasteiger partial charge in [-0.25, -0.2) is 0 Å². The summed E-state index contributed by atoms with van der Waals surface area (Å²) in [5.41, 5.74) is 2.89. The van der Waals surface area contributed by atoms with Crippen molar-refractivity contribution in [2.24, 2.45) is 0 Å². The Hall–Kier alpha value is -2.63. The summed E-state index contributed by atoms with van der Waals surface area (Å²) >= 11 is 9.86. The molecule has 3 aromatic carbocycles. The van der Waals surface area contributed by atoms with Crippen molar-refractivity contribution >= 4 is 39.3 Å². The van der Waals surface area contributed by atoms with E-state index in [4.69, 9.17) is 11.6 Å². The van der Waals surface area contributed by atoms with Crippen molar-refractivity contribution in [3.63, 3.8) is 0 Å².